The van der Waals surface area contributed by atoms with E-state index in [1.807, 2.05) is 51.4 Å². The fourth-order valence-corrected chi connectivity index (χ4v) is 3.57. The third kappa shape index (κ3) is 5.26. The number of guanidine groups is 1. The number of nitrogens with one attached hydrogen (secondary N) is 1. The number of imidazole rings is 1. The fourth-order valence-electron chi connectivity index (χ4n) is 3.57. The Balaban J connectivity index is 0.00000300. The summed E-state index contributed by atoms with van der Waals surface area (Å²) >= 11 is 0. The average molecular weight is 513 g/mol. The highest BCUT2D eigenvalue weighted by Gasteiger charge is 2.21. The predicted molar refractivity (Wildman–Crippen MR) is 130 cm³/mol. The number of nitrogens with zero attached hydrogens (tertiary/aromatic N) is 6. The number of piperazine rings is 1. The minimum absolute atomic E-state index is 0. The van der Waals surface area contributed by atoms with Crippen LogP contribution in [0.1, 0.15) is 5.69 Å². The molecule has 0 spiro atoms. The van der Waals surface area contributed by atoms with Gasteiger partial charge in [0, 0.05) is 54.4 Å². The second-order valence-corrected chi connectivity index (χ2v) is 7.05. The third-order valence-corrected chi connectivity index (χ3v) is 5.10. The zero-order chi connectivity index (χ0) is 20.1. The van der Waals surface area contributed by atoms with Crippen molar-refractivity contribution in [2.45, 2.75) is 6.54 Å². The van der Waals surface area contributed by atoms with Gasteiger partial charge < -0.3 is 29.3 Å². The van der Waals surface area contributed by atoms with Gasteiger partial charge in [0.05, 0.1) is 31.2 Å². The third-order valence-electron chi connectivity index (χ3n) is 5.10. The van der Waals surface area contributed by atoms with Crippen molar-refractivity contribution in [3.63, 3.8) is 0 Å². The minimum atomic E-state index is 0. The average Bonchev–Trinajstić information content (AvgIpc) is 3.09. The molecule has 0 amide bonds. The molecule has 1 aliphatic rings. The number of benzene rings is 1. The first kappa shape index (κ1) is 23.1. The van der Waals surface area contributed by atoms with E-state index in [0.717, 1.165) is 55.2 Å². The van der Waals surface area contributed by atoms with E-state index >= 15 is 0 Å². The van der Waals surface area contributed by atoms with E-state index < -0.39 is 0 Å². The largest absolute Gasteiger partial charge is 0.495 e. The first-order valence-electron chi connectivity index (χ1n) is 9.56. The quantitative estimate of drug-likeness (QED) is 0.375. The minimum Gasteiger partial charge on any atom is -0.495 e. The molecule has 0 atom stereocenters. The van der Waals surface area contributed by atoms with Gasteiger partial charge in [-0.15, -0.1) is 24.0 Å². The molecule has 8 nitrogen and oxygen atoms in total. The molecular formula is C20H32IN7O. The Morgan fingerprint density at radius 1 is 1.21 bits per heavy atom. The van der Waals surface area contributed by atoms with Gasteiger partial charge in [-0.3, -0.25) is 4.99 Å². The smallest absolute Gasteiger partial charge is 0.204 e. The Kier molecular flexibility index (Phi) is 8.42. The molecule has 9 heteroatoms. The molecule has 3 rings (SSSR count). The lowest BCUT2D eigenvalue weighted by molar-refractivity contribution is 0.366. The van der Waals surface area contributed by atoms with Gasteiger partial charge in [-0.25, -0.2) is 4.98 Å². The van der Waals surface area contributed by atoms with Gasteiger partial charge in [-0.05, 0) is 12.1 Å². The van der Waals surface area contributed by atoms with E-state index in [9.17, 15) is 0 Å². The maximum absolute atomic E-state index is 5.51. The lowest BCUT2D eigenvalue weighted by Crippen LogP contribution is -2.52. The number of rotatable bonds is 5. The molecule has 2 heterocycles. The Morgan fingerprint density at radius 3 is 2.48 bits per heavy atom. The van der Waals surface area contributed by atoms with E-state index in [2.05, 4.69) is 41.8 Å². The van der Waals surface area contributed by atoms with Crippen LogP contribution in [0.4, 0.5) is 11.6 Å². The van der Waals surface area contributed by atoms with Crippen molar-refractivity contribution in [3.8, 4) is 5.75 Å². The van der Waals surface area contributed by atoms with Gasteiger partial charge in [0.25, 0.3) is 0 Å². The maximum Gasteiger partial charge on any atom is 0.204 e. The van der Waals surface area contributed by atoms with Crippen LogP contribution >= 0.6 is 24.0 Å². The van der Waals surface area contributed by atoms with Crippen LogP contribution in [0.3, 0.4) is 0 Å². The van der Waals surface area contributed by atoms with Crippen LogP contribution in [0.25, 0.3) is 0 Å². The maximum atomic E-state index is 5.51. The molecule has 0 saturated carbocycles. The van der Waals surface area contributed by atoms with Crippen molar-refractivity contribution in [2.75, 3.05) is 64.2 Å². The van der Waals surface area contributed by atoms with E-state index in [0.29, 0.717) is 6.54 Å². The van der Waals surface area contributed by atoms with Crippen LogP contribution in [0, 0.1) is 0 Å². The summed E-state index contributed by atoms with van der Waals surface area (Å²) in [6.07, 6.45) is 1.91. The zero-order valence-corrected chi connectivity index (χ0v) is 20.3. The number of halogens is 1. The number of methoxy groups -OCH3 is 1. The highest BCUT2D eigenvalue weighted by molar-refractivity contribution is 14.0. The van der Waals surface area contributed by atoms with E-state index in [1.165, 1.54) is 0 Å². The normalized spacial score (nSPS) is 14.4. The molecule has 0 bridgehead atoms. The van der Waals surface area contributed by atoms with Crippen molar-refractivity contribution in [2.24, 2.45) is 12.0 Å². The summed E-state index contributed by atoms with van der Waals surface area (Å²) in [6, 6.07) is 8.19. The highest BCUT2D eigenvalue weighted by atomic mass is 127. The molecule has 1 aromatic heterocycles. The number of para-hydroxylation sites is 2. The molecule has 1 aromatic carbocycles. The van der Waals surface area contributed by atoms with E-state index in [1.54, 1.807) is 7.11 Å². The van der Waals surface area contributed by atoms with Crippen LogP contribution in [0.5, 0.6) is 5.75 Å². The molecule has 1 aliphatic heterocycles. The molecular weight excluding hydrogens is 481 g/mol. The molecule has 1 fully saturated rings. The van der Waals surface area contributed by atoms with Gasteiger partial charge in [-0.1, -0.05) is 12.1 Å². The van der Waals surface area contributed by atoms with Gasteiger partial charge in [0.2, 0.25) is 5.95 Å². The molecule has 0 aliphatic carbocycles. The number of aromatic nitrogens is 2. The van der Waals surface area contributed by atoms with Crippen molar-refractivity contribution >= 4 is 41.6 Å². The summed E-state index contributed by atoms with van der Waals surface area (Å²) in [5, 5.41) is 3.48. The molecule has 29 heavy (non-hydrogen) atoms. The van der Waals surface area contributed by atoms with Crippen molar-refractivity contribution in [1.29, 1.82) is 0 Å². The summed E-state index contributed by atoms with van der Waals surface area (Å²) in [4.78, 5) is 15.6. The molecule has 0 radical (unpaired) electrons. The lowest BCUT2D eigenvalue weighted by Gasteiger charge is -2.38. The number of hydrogen-bond acceptors (Lipinski definition) is 5. The van der Waals surface area contributed by atoms with Gasteiger partial charge in [0.15, 0.2) is 5.96 Å². The number of anilines is 2. The Bertz CT molecular complexity index is 813. The predicted octanol–water partition coefficient (Wildman–Crippen LogP) is 2.01. The summed E-state index contributed by atoms with van der Waals surface area (Å²) in [6.45, 7) is 4.37. The van der Waals surface area contributed by atoms with Gasteiger partial charge in [-0.2, -0.15) is 0 Å². The van der Waals surface area contributed by atoms with Gasteiger partial charge in [0.1, 0.15) is 5.75 Å². The summed E-state index contributed by atoms with van der Waals surface area (Å²) < 4.78 is 7.61. The van der Waals surface area contributed by atoms with Crippen molar-refractivity contribution in [1.82, 2.24) is 19.8 Å². The first-order chi connectivity index (χ1) is 13.5. The van der Waals surface area contributed by atoms with Crippen LogP contribution in [0.2, 0.25) is 0 Å². The second kappa shape index (κ2) is 10.6. The van der Waals surface area contributed by atoms with Crippen LogP contribution < -0.4 is 19.9 Å². The van der Waals surface area contributed by atoms with Crippen molar-refractivity contribution in [3.05, 3.63) is 36.2 Å². The fraction of sp³-hybridized carbons (Fsp3) is 0.500. The van der Waals surface area contributed by atoms with Crippen LogP contribution in [0.15, 0.2) is 35.5 Å². The van der Waals surface area contributed by atoms with Crippen LogP contribution in [-0.2, 0) is 13.6 Å². The Hall–Kier alpha value is -2.17. The standard InChI is InChI=1S/C20H31N7O.HI/c1-21-19(22-14-16-15-23-20(24(2)3)25(16)4)27-12-10-26(11-13-27)17-8-6-7-9-18(17)28-5;/h6-9,15H,10-14H2,1-5H3,(H,21,22);1H. The second-order valence-electron chi connectivity index (χ2n) is 7.05. The lowest BCUT2D eigenvalue weighted by atomic mass is 10.2. The van der Waals surface area contributed by atoms with E-state index in [4.69, 9.17) is 4.74 Å². The summed E-state index contributed by atoms with van der Waals surface area (Å²) in [7, 11) is 9.60. The number of aliphatic imine (C=N–C) groups is 1. The topological polar surface area (TPSA) is 61.2 Å². The first-order valence-corrected chi connectivity index (χ1v) is 9.56. The summed E-state index contributed by atoms with van der Waals surface area (Å²) in [5.74, 6) is 2.79. The molecule has 1 N–H and O–H groups in total. The molecule has 1 saturated heterocycles. The van der Waals surface area contributed by atoms with E-state index in [-0.39, 0.29) is 24.0 Å². The van der Waals surface area contributed by atoms with Crippen molar-refractivity contribution < 1.29 is 4.74 Å². The monoisotopic (exact) mass is 513 g/mol. The Labute approximate surface area is 190 Å². The molecule has 0 unspecified atom stereocenters. The SMILES string of the molecule is CN=C(NCc1cnc(N(C)C)n1C)N1CCN(c2ccccc2OC)CC1.I. The number of ether oxygens (including phenoxy) is 1. The molecule has 2 aromatic rings. The number of hydrogen-bond donors (Lipinski definition) is 1. The molecule has 160 valence electrons. The zero-order valence-electron chi connectivity index (χ0n) is 17.9. The summed E-state index contributed by atoms with van der Waals surface area (Å²) in [5.41, 5.74) is 2.27. The van der Waals surface area contributed by atoms with Gasteiger partial charge >= 0.3 is 0 Å². The Morgan fingerprint density at radius 2 is 1.90 bits per heavy atom. The van der Waals surface area contributed by atoms with Crippen LogP contribution in [-0.4, -0.2) is 74.8 Å². The highest BCUT2D eigenvalue weighted by Crippen LogP contribution is 2.28.